The lowest BCUT2D eigenvalue weighted by Gasteiger charge is -2.04. The number of hydrogen-bond acceptors (Lipinski definition) is 5. The lowest BCUT2D eigenvalue weighted by Crippen LogP contribution is -1.93. The number of nitrogens with one attached hydrogen (secondary N) is 1. The van der Waals surface area contributed by atoms with Crippen molar-refractivity contribution in [1.29, 1.82) is 0 Å². The first kappa shape index (κ1) is 18.4. The Balaban J connectivity index is 1.67. The van der Waals surface area contributed by atoms with Gasteiger partial charge < -0.3 is 4.98 Å². The average Bonchev–Trinajstić information content (AvgIpc) is 3.16. The first-order chi connectivity index (χ1) is 15.0. The third-order valence-electron chi connectivity index (χ3n) is 5.25. The predicted octanol–water partition coefficient (Wildman–Crippen LogP) is 5.87. The standard InChI is InChI=1S/C23H14N4O4/c28-26(29)21-7-3-1-5-15(21)14-9-11-20-18(13-14)16-10-12-19(24-23(16)25-20)17-6-2-4-8-22(17)27(30)31/h1-13H,(H,24,25). The minimum Gasteiger partial charge on any atom is -0.339 e. The van der Waals surface area contributed by atoms with E-state index >= 15 is 0 Å². The van der Waals surface area contributed by atoms with Crippen molar-refractivity contribution < 1.29 is 9.85 Å². The van der Waals surface area contributed by atoms with Gasteiger partial charge in [-0.25, -0.2) is 4.98 Å². The zero-order valence-corrected chi connectivity index (χ0v) is 16.0. The van der Waals surface area contributed by atoms with E-state index in [1.165, 1.54) is 12.1 Å². The van der Waals surface area contributed by atoms with E-state index in [1.807, 2.05) is 24.3 Å². The average molecular weight is 410 g/mol. The number of hydrogen-bond donors (Lipinski definition) is 1. The van der Waals surface area contributed by atoms with Gasteiger partial charge in [0.25, 0.3) is 11.4 Å². The Morgan fingerprint density at radius 3 is 2.06 bits per heavy atom. The Morgan fingerprint density at radius 1 is 0.710 bits per heavy atom. The van der Waals surface area contributed by atoms with Crippen LogP contribution in [0.25, 0.3) is 44.3 Å². The molecular formula is C23H14N4O4. The second-order valence-electron chi connectivity index (χ2n) is 7.03. The molecule has 0 aliphatic heterocycles. The fraction of sp³-hybridized carbons (Fsp3) is 0. The minimum atomic E-state index is -0.425. The van der Waals surface area contributed by atoms with Crippen molar-refractivity contribution in [3.63, 3.8) is 0 Å². The minimum absolute atomic E-state index is 0.0101. The molecule has 8 heteroatoms. The SMILES string of the molecule is O=[N+]([O-])c1ccccc1-c1ccc2[nH]c3nc(-c4ccccc4[N+](=O)[O-])ccc3c2c1. The Kier molecular flexibility index (Phi) is 4.18. The number of fused-ring (bicyclic) bond motifs is 3. The highest BCUT2D eigenvalue weighted by Crippen LogP contribution is 2.35. The predicted molar refractivity (Wildman–Crippen MR) is 118 cm³/mol. The van der Waals surface area contributed by atoms with Crippen molar-refractivity contribution in [2.24, 2.45) is 0 Å². The molecule has 5 rings (SSSR count). The van der Waals surface area contributed by atoms with Crippen LogP contribution >= 0.6 is 0 Å². The molecule has 3 aromatic carbocycles. The molecule has 0 aliphatic rings. The van der Waals surface area contributed by atoms with Crippen molar-refractivity contribution >= 4 is 33.3 Å². The summed E-state index contributed by atoms with van der Waals surface area (Å²) >= 11 is 0. The van der Waals surface area contributed by atoms with Crippen LogP contribution in [0.2, 0.25) is 0 Å². The first-order valence-electron chi connectivity index (χ1n) is 9.43. The molecule has 31 heavy (non-hydrogen) atoms. The van der Waals surface area contributed by atoms with E-state index in [0.29, 0.717) is 22.5 Å². The highest BCUT2D eigenvalue weighted by atomic mass is 16.6. The summed E-state index contributed by atoms with van der Waals surface area (Å²) in [7, 11) is 0. The molecule has 1 N–H and O–H groups in total. The lowest BCUT2D eigenvalue weighted by molar-refractivity contribution is -0.384. The van der Waals surface area contributed by atoms with E-state index in [-0.39, 0.29) is 11.4 Å². The largest absolute Gasteiger partial charge is 0.339 e. The maximum absolute atomic E-state index is 11.4. The third-order valence-corrected chi connectivity index (χ3v) is 5.25. The second-order valence-corrected chi connectivity index (χ2v) is 7.03. The molecule has 0 bridgehead atoms. The summed E-state index contributed by atoms with van der Waals surface area (Å²) in [5.41, 5.74) is 3.63. The number of para-hydroxylation sites is 2. The summed E-state index contributed by atoms with van der Waals surface area (Å²) in [6.45, 7) is 0. The van der Waals surface area contributed by atoms with E-state index in [9.17, 15) is 20.2 Å². The van der Waals surface area contributed by atoms with Gasteiger partial charge >= 0.3 is 0 Å². The summed E-state index contributed by atoms with van der Waals surface area (Å²) in [5.74, 6) is 0. The van der Waals surface area contributed by atoms with E-state index in [4.69, 9.17) is 0 Å². The summed E-state index contributed by atoms with van der Waals surface area (Å²) in [4.78, 5) is 29.8. The molecule has 8 nitrogen and oxygen atoms in total. The number of benzene rings is 3. The Morgan fingerprint density at radius 2 is 1.35 bits per heavy atom. The van der Waals surface area contributed by atoms with Crippen LogP contribution < -0.4 is 0 Å². The molecule has 150 valence electrons. The normalized spacial score (nSPS) is 11.1. The van der Waals surface area contributed by atoms with E-state index in [0.717, 1.165) is 21.9 Å². The Labute approximate surface area is 175 Å². The number of H-pyrrole nitrogens is 1. The molecule has 0 aliphatic carbocycles. The van der Waals surface area contributed by atoms with E-state index in [1.54, 1.807) is 42.5 Å². The summed E-state index contributed by atoms with van der Waals surface area (Å²) in [6.07, 6.45) is 0. The van der Waals surface area contributed by atoms with Gasteiger partial charge in [-0.15, -0.1) is 0 Å². The third kappa shape index (κ3) is 3.06. The molecule has 0 amide bonds. The lowest BCUT2D eigenvalue weighted by atomic mass is 10.0. The summed E-state index contributed by atoms with van der Waals surface area (Å²) in [5, 5.41) is 24.5. The number of nitro groups is 2. The van der Waals surface area contributed by atoms with Gasteiger partial charge in [0.2, 0.25) is 0 Å². The monoisotopic (exact) mass is 410 g/mol. The highest BCUT2D eigenvalue weighted by Gasteiger charge is 2.18. The number of aromatic amines is 1. The highest BCUT2D eigenvalue weighted by molar-refractivity contribution is 6.08. The number of nitrogens with zero attached hydrogens (tertiary/aromatic N) is 3. The van der Waals surface area contributed by atoms with Crippen molar-refractivity contribution in [2.75, 3.05) is 0 Å². The van der Waals surface area contributed by atoms with Crippen molar-refractivity contribution in [1.82, 2.24) is 9.97 Å². The van der Waals surface area contributed by atoms with Crippen LogP contribution in [0.1, 0.15) is 0 Å². The van der Waals surface area contributed by atoms with E-state index < -0.39 is 9.85 Å². The second kappa shape index (κ2) is 7.03. The number of aromatic nitrogens is 2. The van der Waals surface area contributed by atoms with E-state index in [2.05, 4.69) is 9.97 Å². The summed E-state index contributed by atoms with van der Waals surface area (Å²) in [6, 6.07) is 22.3. The van der Waals surface area contributed by atoms with Crippen LogP contribution in [0.3, 0.4) is 0 Å². The van der Waals surface area contributed by atoms with Gasteiger partial charge in [0.05, 0.1) is 26.7 Å². The zero-order chi connectivity index (χ0) is 21.5. The van der Waals surface area contributed by atoms with Gasteiger partial charge in [-0.05, 0) is 42.0 Å². The first-order valence-corrected chi connectivity index (χ1v) is 9.43. The van der Waals surface area contributed by atoms with Crippen LogP contribution in [-0.4, -0.2) is 19.8 Å². The number of pyridine rings is 1. The molecule has 0 radical (unpaired) electrons. The molecule has 0 unspecified atom stereocenters. The van der Waals surface area contributed by atoms with Gasteiger partial charge in [0.1, 0.15) is 5.65 Å². The fourth-order valence-electron chi connectivity index (χ4n) is 3.82. The Hall–Kier alpha value is -4.59. The van der Waals surface area contributed by atoms with Gasteiger partial charge in [0.15, 0.2) is 0 Å². The molecule has 0 saturated heterocycles. The number of nitro benzene ring substituents is 2. The number of rotatable bonds is 4. The maximum Gasteiger partial charge on any atom is 0.278 e. The molecule has 5 aromatic rings. The molecule has 0 fully saturated rings. The van der Waals surface area contributed by atoms with Crippen LogP contribution in [0.15, 0.2) is 78.9 Å². The van der Waals surface area contributed by atoms with Crippen LogP contribution in [0.5, 0.6) is 0 Å². The zero-order valence-electron chi connectivity index (χ0n) is 16.0. The topological polar surface area (TPSA) is 115 Å². The molecule has 2 heterocycles. The summed E-state index contributed by atoms with van der Waals surface area (Å²) < 4.78 is 0. The molecule has 2 aromatic heterocycles. The molecule has 0 atom stereocenters. The van der Waals surface area contributed by atoms with Crippen LogP contribution in [0, 0.1) is 20.2 Å². The van der Waals surface area contributed by atoms with Crippen molar-refractivity contribution in [3.05, 3.63) is 99.1 Å². The van der Waals surface area contributed by atoms with Gasteiger partial charge in [-0.2, -0.15) is 0 Å². The van der Waals surface area contributed by atoms with Gasteiger partial charge in [0, 0.05) is 28.4 Å². The fourth-order valence-corrected chi connectivity index (χ4v) is 3.82. The van der Waals surface area contributed by atoms with Gasteiger partial charge in [-0.3, -0.25) is 20.2 Å². The smallest absolute Gasteiger partial charge is 0.278 e. The van der Waals surface area contributed by atoms with Crippen molar-refractivity contribution in [2.45, 2.75) is 0 Å². The molecule has 0 saturated carbocycles. The molecular weight excluding hydrogens is 396 g/mol. The molecule has 0 spiro atoms. The quantitative estimate of drug-likeness (QED) is 0.294. The maximum atomic E-state index is 11.4. The van der Waals surface area contributed by atoms with Gasteiger partial charge in [-0.1, -0.05) is 30.3 Å². The van der Waals surface area contributed by atoms with Crippen LogP contribution in [-0.2, 0) is 0 Å². The Bertz CT molecular complexity index is 1510. The van der Waals surface area contributed by atoms with Crippen LogP contribution in [0.4, 0.5) is 11.4 Å². The van der Waals surface area contributed by atoms with Crippen molar-refractivity contribution in [3.8, 4) is 22.4 Å².